The standard InChI is InChI=1S/C35H30O4/c1-24-14-18-30(19-15-24)36-34(27-10-6-4-7-11-27)37-31-20-16-26(17-21-31)28-22-25(2)33-32(23-28)38-35(3,39-33)29-12-8-5-9-13-29/h4-23,34H,1-3H3. The Bertz CT molecular complexity index is 1560. The van der Waals surface area contributed by atoms with Crippen LogP contribution in [-0.4, -0.2) is 0 Å². The third-order valence-corrected chi connectivity index (χ3v) is 6.91. The second kappa shape index (κ2) is 10.2. The second-order valence-electron chi connectivity index (χ2n) is 9.95. The summed E-state index contributed by atoms with van der Waals surface area (Å²) in [5, 5.41) is 0. The van der Waals surface area contributed by atoms with Gasteiger partial charge in [-0.15, -0.1) is 0 Å². The molecule has 0 bridgehead atoms. The zero-order valence-electron chi connectivity index (χ0n) is 22.3. The molecule has 0 saturated heterocycles. The molecular formula is C35H30O4. The van der Waals surface area contributed by atoms with Crippen LogP contribution < -0.4 is 18.9 Å². The van der Waals surface area contributed by atoms with E-state index < -0.39 is 12.1 Å². The molecule has 0 aromatic heterocycles. The van der Waals surface area contributed by atoms with E-state index in [1.54, 1.807) is 0 Å². The zero-order valence-corrected chi connectivity index (χ0v) is 22.3. The highest BCUT2D eigenvalue weighted by Crippen LogP contribution is 2.47. The van der Waals surface area contributed by atoms with E-state index in [0.717, 1.165) is 45.1 Å². The number of hydrogen-bond donors (Lipinski definition) is 0. The lowest BCUT2D eigenvalue weighted by molar-refractivity contribution is -0.0682. The summed E-state index contributed by atoms with van der Waals surface area (Å²) in [6, 6.07) is 40.2. The summed E-state index contributed by atoms with van der Waals surface area (Å²) in [5.74, 6) is 2.14. The number of rotatable bonds is 7. The fourth-order valence-corrected chi connectivity index (χ4v) is 4.76. The topological polar surface area (TPSA) is 36.9 Å². The zero-order chi connectivity index (χ0) is 26.8. The number of aryl methyl sites for hydroxylation is 2. The Hall–Kier alpha value is -4.70. The van der Waals surface area contributed by atoms with Crippen LogP contribution in [0.15, 0.2) is 121 Å². The molecular weight excluding hydrogens is 484 g/mol. The van der Waals surface area contributed by atoms with Crippen molar-refractivity contribution in [2.75, 3.05) is 0 Å². The van der Waals surface area contributed by atoms with Gasteiger partial charge in [0.25, 0.3) is 12.1 Å². The first-order chi connectivity index (χ1) is 19.0. The van der Waals surface area contributed by atoms with Gasteiger partial charge >= 0.3 is 0 Å². The molecule has 0 amide bonds. The molecule has 0 saturated carbocycles. The van der Waals surface area contributed by atoms with Crippen molar-refractivity contribution in [2.24, 2.45) is 0 Å². The third-order valence-electron chi connectivity index (χ3n) is 6.91. The number of benzene rings is 5. The summed E-state index contributed by atoms with van der Waals surface area (Å²) in [6.45, 7) is 6.06. The molecule has 5 aromatic rings. The van der Waals surface area contributed by atoms with Gasteiger partial charge in [0.15, 0.2) is 11.5 Å². The monoisotopic (exact) mass is 514 g/mol. The Balaban J connectivity index is 1.23. The van der Waals surface area contributed by atoms with Gasteiger partial charge in [0.05, 0.1) is 0 Å². The SMILES string of the molecule is Cc1ccc(OC(Oc2ccc(-c3cc(C)c4c(c3)OC(C)(c3ccccc3)O4)cc2)c2ccccc2)cc1. The molecule has 39 heavy (non-hydrogen) atoms. The van der Waals surface area contributed by atoms with Crippen LogP contribution in [0.3, 0.4) is 0 Å². The maximum atomic E-state index is 6.35. The molecule has 0 N–H and O–H groups in total. The van der Waals surface area contributed by atoms with E-state index in [0.29, 0.717) is 5.75 Å². The predicted octanol–water partition coefficient (Wildman–Crippen LogP) is 8.77. The predicted molar refractivity (Wildman–Crippen MR) is 153 cm³/mol. The van der Waals surface area contributed by atoms with Crippen molar-refractivity contribution in [2.45, 2.75) is 32.8 Å². The lowest BCUT2D eigenvalue weighted by atomic mass is 10.0. The molecule has 4 nitrogen and oxygen atoms in total. The van der Waals surface area contributed by atoms with E-state index in [1.807, 2.05) is 117 Å². The highest BCUT2D eigenvalue weighted by molar-refractivity contribution is 5.70. The van der Waals surface area contributed by atoms with Crippen molar-refractivity contribution in [3.05, 3.63) is 144 Å². The summed E-state index contributed by atoms with van der Waals surface area (Å²) in [4.78, 5) is 0. The molecule has 1 heterocycles. The van der Waals surface area contributed by atoms with Crippen molar-refractivity contribution in [1.82, 2.24) is 0 Å². The maximum absolute atomic E-state index is 6.35. The van der Waals surface area contributed by atoms with Crippen molar-refractivity contribution >= 4 is 0 Å². The van der Waals surface area contributed by atoms with Crippen LogP contribution in [0, 0.1) is 13.8 Å². The molecule has 1 aliphatic heterocycles. The highest BCUT2D eigenvalue weighted by atomic mass is 16.7. The summed E-state index contributed by atoms with van der Waals surface area (Å²) >= 11 is 0. The van der Waals surface area contributed by atoms with Crippen LogP contribution in [0.25, 0.3) is 11.1 Å². The van der Waals surface area contributed by atoms with E-state index in [9.17, 15) is 0 Å². The smallest absolute Gasteiger partial charge is 0.275 e. The highest BCUT2D eigenvalue weighted by Gasteiger charge is 2.39. The van der Waals surface area contributed by atoms with E-state index in [4.69, 9.17) is 18.9 Å². The number of fused-ring (bicyclic) bond motifs is 1. The van der Waals surface area contributed by atoms with Gasteiger partial charge in [0, 0.05) is 18.1 Å². The number of ether oxygens (including phenoxy) is 4. The minimum absolute atomic E-state index is 0.580. The Kier molecular flexibility index (Phi) is 6.45. The Labute approximate surface area is 229 Å². The molecule has 2 unspecified atom stereocenters. The number of hydrogen-bond acceptors (Lipinski definition) is 4. The molecule has 194 valence electrons. The molecule has 4 heteroatoms. The third kappa shape index (κ3) is 5.19. The van der Waals surface area contributed by atoms with Crippen molar-refractivity contribution < 1.29 is 18.9 Å². The average Bonchev–Trinajstić information content (AvgIpc) is 3.33. The molecule has 0 radical (unpaired) electrons. The largest absolute Gasteiger partial charge is 0.451 e. The summed E-state index contributed by atoms with van der Waals surface area (Å²) < 4.78 is 25.2. The molecule has 0 aliphatic carbocycles. The van der Waals surface area contributed by atoms with Crippen LogP contribution in [0.2, 0.25) is 0 Å². The van der Waals surface area contributed by atoms with Crippen LogP contribution in [0.1, 0.15) is 35.5 Å². The molecule has 2 atom stereocenters. The normalized spacial score (nSPS) is 16.5. The van der Waals surface area contributed by atoms with E-state index >= 15 is 0 Å². The summed E-state index contributed by atoms with van der Waals surface area (Å²) in [7, 11) is 0. The summed E-state index contributed by atoms with van der Waals surface area (Å²) in [5.41, 5.74) is 6.23. The second-order valence-corrected chi connectivity index (χ2v) is 9.95. The Morgan fingerprint density at radius 1 is 0.615 bits per heavy atom. The van der Waals surface area contributed by atoms with Gasteiger partial charge in [0.1, 0.15) is 11.5 Å². The van der Waals surface area contributed by atoms with Crippen LogP contribution in [-0.2, 0) is 5.79 Å². The fraction of sp³-hybridized carbons (Fsp3) is 0.143. The first-order valence-corrected chi connectivity index (χ1v) is 13.1. The minimum atomic E-state index is -0.853. The van der Waals surface area contributed by atoms with Crippen LogP contribution in [0.5, 0.6) is 23.0 Å². The van der Waals surface area contributed by atoms with Gasteiger partial charge in [-0.05, 0) is 66.9 Å². The average molecular weight is 515 g/mol. The fourth-order valence-electron chi connectivity index (χ4n) is 4.76. The quantitative estimate of drug-likeness (QED) is 0.203. The molecule has 1 aliphatic rings. The minimum Gasteiger partial charge on any atom is -0.451 e. The first-order valence-electron chi connectivity index (χ1n) is 13.1. The van der Waals surface area contributed by atoms with Crippen molar-refractivity contribution in [1.29, 1.82) is 0 Å². The van der Waals surface area contributed by atoms with Gasteiger partial charge in [-0.2, -0.15) is 0 Å². The van der Waals surface area contributed by atoms with E-state index in [2.05, 4.69) is 25.1 Å². The van der Waals surface area contributed by atoms with Gasteiger partial charge in [-0.25, -0.2) is 0 Å². The Morgan fingerprint density at radius 3 is 1.85 bits per heavy atom. The Morgan fingerprint density at radius 2 is 1.21 bits per heavy atom. The van der Waals surface area contributed by atoms with Crippen molar-refractivity contribution in [3.63, 3.8) is 0 Å². The van der Waals surface area contributed by atoms with Gasteiger partial charge in [-0.1, -0.05) is 90.5 Å². The van der Waals surface area contributed by atoms with E-state index in [1.165, 1.54) is 5.56 Å². The van der Waals surface area contributed by atoms with Gasteiger partial charge in [-0.3, -0.25) is 0 Å². The van der Waals surface area contributed by atoms with E-state index in [-0.39, 0.29) is 0 Å². The first kappa shape index (κ1) is 24.6. The van der Waals surface area contributed by atoms with Crippen LogP contribution >= 0.6 is 0 Å². The van der Waals surface area contributed by atoms with Crippen LogP contribution in [0.4, 0.5) is 0 Å². The molecule has 5 aromatic carbocycles. The molecule has 0 fully saturated rings. The van der Waals surface area contributed by atoms with Crippen molar-refractivity contribution in [3.8, 4) is 34.1 Å². The molecule has 0 spiro atoms. The lowest BCUT2D eigenvalue weighted by Crippen LogP contribution is -2.31. The maximum Gasteiger partial charge on any atom is 0.275 e. The summed E-state index contributed by atoms with van der Waals surface area (Å²) in [6.07, 6.45) is -0.580. The lowest BCUT2D eigenvalue weighted by Gasteiger charge is -2.23. The molecule has 6 rings (SSSR count). The van der Waals surface area contributed by atoms with Gasteiger partial charge in [0.2, 0.25) is 0 Å². The van der Waals surface area contributed by atoms with Gasteiger partial charge < -0.3 is 18.9 Å².